The molecule has 4 nitrogen and oxygen atoms in total. The van der Waals surface area contributed by atoms with Crippen molar-refractivity contribution in [1.29, 1.82) is 0 Å². The van der Waals surface area contributed by atoms with E-state index < -0.39 is 12.0 Å². The van der Waals surface area contributed by atoms with Crippen molar-refractivity contribution in [1.82, 2.24) is 5.32 Å². The zero-order valence-electron chi connectivity index (χ0n) is 7.29. The van der Waals surface area contributed by atoms with Gasteiger partial charge in [0, 0.05) is 6.04 Å². The molecule has 4 heteroatoms. The normalized spacial score (nSPS) is 22.8. The van der Waals surface area contributed by atoms with Crippen molar-refractivity contribution in [3.63, 3.8) is 0 Å². The van der Waals surface area contributed by atoms with Crippen molar-refractivity contribution >= 4 is 5.97 Å². The highest BCUT2D eigenvalue weighted by Gasteiger charge is 2.33. The molecule has 2 unspecified atom stereocenters. The predicted octanol–water partition coefficient (Wildman–Crippen LogP) is -0.214. The molecule has 1 aliphatic rings. The van der Waals surface area contributed by atoms with E-state index in [1.807, 2.05) is 0 Å². The molecule has 0 aromatic heterocycles. The lowest BCUT2D eigenvalue weighted by molar-refractivity contribution is -0.139. The van der Waals surface area contributed by atoms with E-state index in [1.54, 1.807) is 7.05 Å². The van der Waals surface area contributed by atoms with Gasteiger partial charge >= 0.3 is 5.97 Å². The van der Waals surface area contributed by atoms with Gasteiger partial charge in [0.2, 0.25) is 0 Å². The summed E-state index contributed by atoms with van der Waals surface area (Å²) in [5, 5.41) is 11.7. The highest BCUT2D eigenvalue weighted by Crippen LogP contribution is 2.30. The van der Waals surface area contributed by atoms with E-state index in [4.69, 9.17) is 10.8 Å². The zero-order chi connectivity index (χ0) is 9.14. The van der Waals surface area contributed by atoms with Crippen LogP contribution in [-0.4, -0.2) is 30.2 Å². The average molecular weight is 172 g/mol. The third-order valence-corrected chi connectivity index (χ3v) is 2.66. The molecule has 70 valence electrons. The van der Waals surface area contributed by atoms with Crippen LogP contribution in [0, 0.1) is 5.92 Å². The highest BCUT2D eigenvalue weighted by atomic mass is 16.4. The lowest BCUT2D eigenvalue weighted by atomic mass is 9.77. The Morgan fingerprint density at radius 2 is 2.25 bits per heavy atom. The minimum absolute atomic E-state index is 0.0590. The molecule has 0 heterocycles. The Kier molecular flexibility index (Phi) is 3.05. The van der Waals surface area contributed by atoms with Gasteiger partial charge in [-0.2, -0.15) is 0 Å². The molecule has 0 spiro atoms. The molecule has 4 N–H and O–H groups in total. The van der Waals surface area contributed by atoms with Crippen molar-refractivity contribution < 1.29 is 9.90 Å². The fraction of sp³-hybridized carbons (Fsp3) is 0.875. The Bertz CT molecular complexity index is 168. The maximum absolute atomic E-state index is 10.6. The average Bonchev–Trinajstić information content (AvgIpc) is 1.94. The maximum Gasteiger partial charge on any atom is 0.322 e. The number of nitrogens with one attached hydrogen (secondary N) is 1. The molecule has 1 aliphatic carbocycles. The Balaban J connectivity index is 2.48. The molecule has 2 atom stereocenters. The number of carboxylic acids is 1. The van der Waals surface area contributed by atoms with Crippen LogP contribution in [0.25, 0.3) is 0 Å². The number of carboxylic acid groups (broad SMARTS) is 1. The Morgan fingerprint density at radius 3 is 2.50 bits per heavy atom. The third kappa shape index (κ3) is 1.76. The summed E-state index contributed by atoms with van der Waals surface area (Å²) in [5.74, 6) is -0.456. The second-order valence-corrected chi connectivity index (χ2v) is 3.37. The van der Waals surface area contributed by atoms with Crippen LogP contribution in [0.2, 0.25) is 0 Å². The van der Waals surface area contributed by atoms with E-state index in [9.17, 15) is 4.79 Å². The van der Waals surface area contributed by atoms with Gasteiger partial charge in [-0.1, -0.05) is 6.42 Å². The standard InChI is InChI=1S/C8H16N2O2/c1-10-7(5-3-2-4-5)6(9)8(11)12/h5-7,10H,2-4,9H2,1H3,(H,11,12). The first-order valence-corrected chi connectivity index (χ1v) is 4.32. The summed E-state index contributed by atoms with van der Waals surface area (Å²) < 4.78 is 0. The minimum Gasteiger partial charge on any atom is -0.480 e. The lowest BCUT2D eigenvalue weighted by Crippen LogP contribution is -2.54. The Labute approximate surface area is 72.1 Å². The molecule has 0 bridgehead atoms. The van der Waals surface area contributed by atoms with E-state index in [2.05, 4.69) is 5.32 Å². The van der Waals surface area contributed by atoms with Gasteiger partial charge in [0.25, 0.3) is 0 Å². The quantitative estimate of drug-likeness (QED) is 0.548. The summed E-state index contributed by atoms with van der Waals surface area (Å²) in [4.78, 5) is 10.6. The molecule has 0 aliphatic heterocycles. The van der Waals surface area contributed by atoms with E-state index >= 15 is 0 Å². The summed E-state index contributed by atoms with van der Waals surface area (Å²) >= 11 is 0. The van der Waals surface area contributed by atoms with Crippen LogP contribution in [0.15, 0.2) is 0 Å². The van der Waals surface area contributed by atoms with Crippen molar-refractivity contribution in [3.05, 3.63) is 0 Å². The molecule has 0 amide bonds. The van der Waals surface area contributed by atoms with Crippen LogP contribution in [0.1, 0.15) is 19.3 Å². The topological polar surface area (TPSA) is 75.3 Å². The molecule has 0 aromatic rings. The monoisotopic (exact) mass is 172 g/mol. The van der Waals surface area contributed by atoms with Crippen LogP contribution in [-0.2, 0) is 4.79 Å². The number of carbonyl (C=O) groups is 1. The van der Waals surface area contributed by atoms with Crippen LogP contribution in [0.5, 0.6) is 0 Å². The van der Waals surface area contributed by atoms with Gasteiger partial charge in [0.1, 0.15) is 6.04 Å². The SMILES string of the molecule is CNC(C1CCC1)C(N)C(=O)O. The lowest BCUT2D eigenvalue weighted by Gasteiger charge is -2.35. The first-order chi connectivity index (χ1) is 5.66. The summed E-state index contributed by atoms with van der Waals surface area (Å²) in [6.07, 6.45) is 3.41. The van der Waals surface area contributed by atoms with Crippen molar-refractivity contribution in [2.45, 2.75) is 31.3 Å². The Hall–Kier alpha value is -0.610. The summed E-state index contributed by atoms with van der Waals surface area (Å²) in [5.41, 5.74) is 5.52. The fourth-order valence-corrected chi connectivity index (χ4v) is 1.66. The molecule has 0 radical (unpaired) electrons. The van der Waals surface area contributed by atoms with Crippen LogP contribution in [0.3, 0.4) is 0 Å². The highest BCUT2D eigenvalue weighted by molar-refractivity contribution is 5.74. The predicted molar refractivity (Wildman–Crippen MR) is 45.8 cm³/mol. The van der Waals surface area contributed by atoms with Crippen LogP contribution >= 0.6 is 0 Å². The fourth-order valence-electron chi connectivity index (χ4n) is 1.66. The van der Waals surface area contributed by atoms with E-state index in [0.29, 0.717) is 5.92 Å². The summed E-state index contributed by atoms with van der Waals surface area (Å²) in [6.45, 7) is 0. The smallest absolute Gasteiger partial charge is 0.322 e. The molecule has 1 rings (SSSR count). The first kappa shape index (κ1) is 9.48. The van der Waals surface area contributed by atoms with E-state index in [0.717, 1.165) is 12.8 Å². The summed E-state index contributed by atoms with van der Waals surface area (Å²) in [6, 6.07) is -0.823. The van der Waals surface area contributed by atoms with Gasteiger partial charge in [0.05, 0.1) is 0 Å². The maximum atomic E-state index is 10.6. The van der Waals surface area contributed by atoms with Crippen molar-refractivity contribution in [3.8, 4) is 0 Å². The number of hydrogen-bond donors (Lipinski definition) is 3. The van der Waals surface area contributed by atoms with E-state index in [1.165, 1.54) is 6.42 Å². The van der Waals surface area contributed by atoms with Crippen LogP contribution in [0.4, 0.5) is 0 Å². The number of aliphatic carboxylic acids is 1. The molecular formula is C8H16N2O2. The summed E-state index contributed by atoms with van der Waals surface area (Å²) in [7, 11) is 1.77. The number of likely N-dealkylation sites (N-methyl/N-ethyl adjacent to an activating group) is 1. The minimum atomic E-state index is -0.916. The third-order valence-electron chi connectivity index (χ3n) is 2.66. The molecule has 1 fully saturated rings. The van der Waals surface area contributed by atoms with Gasteiger partial charge in [-0.3, -0.25) is 4.79 Å². The first-order valence-electron chi connectivity index (χ1n) is 4.32. The molecule has 0 saturated heterocycles. The van der Waals surface area contributed by atoms with Gasteiger partial charge < -0.3 is 16.2 Å². The van der Waals surface area contributed by atoms with Gasteiger partial charge in [-0.15, -0.1) is 0 Å². The Morgan fingerprint density at radius 1 is 1.67 bits per heavy atom. The van der Waals surface area contributed by atoms with Crippen LogP contribution < -0.4 is 11.1 Å². The largest absolute Gasteiger partial charge is 0.480 e. The second-order valence-electron chi connectivity index (χ2n) is 3.37. The van der Waals surface area contributed by atoms with E-state index in [-0.39, 0.29) is 6.04 Å². The van der Waals surface area contributed by atoms with Gasteiger partial charge in [-0.25, -0.2) is 0 Å². The van der Waals surface area contributed by atoms with Gasteiger partial charge in [-0.05, 0) is 25.8 Å². The van der Waals surface area contributed by atoms with Gasteiger partial charge in [0.15, 0.2) is 0 Å². The molecule has 0 aromatic carbocycles. The molecular weight excluding hydrogens is 156 g/mol. The second kappa shape index (κ2) is 3.87. The zero-order valence-corrected chi connectivity index (χ0v) is 7.29. The molecule has 12 heavy (non-hydrogen) atoms. The molecule has 1 saturated carbocycles. The number of hydrogen-bond acceptors (Lipinski definition) is 3. The van der Waals surface area contributed by atoms with Crippen molar-refractivity contribution in [2.24, 2.45) is 11.7 Å². The number of rotatable bonds is 4. The van der Waals surface area contributed by atoms with Crippen molar-refractivity contribution in [2.75, 3.05) is 7.05 Å². The number of nitrogens with two attached hydrogens (primary N) is 1.